The molecule has 0 saturated heterocycles. The second kappa shape index (κ2) is 8.29. The molecule has 3 rings (SSSR count). The number of carbonyl (C=O) groups is 2. The molecule has 8 nitrogen and oxygen atoms in total. The van der Waals surface area contributed by atoms with Gasteiger partial charge in [-0.3, -0.25) is 9.59 Å². The summed E-state index contributed by atoms with van der Waals surface area (Å²) in [6, 6.07) is 2.94. The summed E-state index contributed by atoms with van der Waals surface area (Å²) in [6.07, 6.45) is -1.36. The molecule has 5 N–H and O–H groups in total. The van der Waals surface area contributed by atoms with Gasteiger partial charge in [-0.2, -0.15) is 13.2 Å². The van der Waals surface area contributed by atoms with Gasteiger partial charge in [-0.25, -0.2) is 0 Å². The van der Waals surface area contributed by atoms with E-state index < -0.39 is 34.8 Å². The molecule has 1 saturated carbocycles. The zero-order valence-electron chi connectivity index (χ0n) is 16.6. The van der Waals surface area contributed by atoms with E-state index in [0.717, 1.165) is 31.7 Å². The number of amides is 2. The predicted molar refractivity (Wildman–Crippen MR) is 108 cm³/mol. The summed E-state index contributed by atoms with van der Waals surface area (Å²) in [7, 11) is 1.65. The molecule has 1 aromatic rings. The van der Waals surface area contributed by atoms with Crippen molar-refractivity contribution in [3.63, 3.8) is 0 Å². The fourth-order valence-electron chi connectivity index (χ4n) is 3.93. The van der Waals surface area contributed by atoms with Gasteiger partial charge in [0.05, 0.1) is 21.8 Å². The summed E-state index contributed by atoms with van der Waals surface area (Å²) in [5, 5.41) is 5.35. The third-order valence-corrected chi connectivity index (χ3v) is 5.86. The van der Waals surface area contributed by atoms with Crippen molar-refractivity contribution in [3.8, 4) is 0 Å². The van der Waals surface area contributed by atoms with Crippen molar-refractivity contribution in [3.05, 3.63) is 40.1 Å². The van der Waals surface area contributed by atoms with Crippen LogP contribution in [0.4, 0.5) is 18.9 Å². The predicted octanol–water partition coefficient (Wildman–Crippen LogP) is 2.58. The Kier molecular flexibility index (Phi) is 6.08. The zero-order valence-corrected chi connectivity index (χ0v) is 17.3. The van der Waals surface area contributed by atoms with Gasteiger partial charge in [-0.05, 0) is 31.0 Å². The van der Waals surface area contributed by atoms with E-state index in [4.69, 9.17) is 27.9 Å². The maximum atomic E-state index is 12.9. The molecule has 1 aliphatic heterocycles. The van der Waals surface area contributed by atoms with E-state index >= 15 is 0 Å². The maximum absolute atomic E-state index is 12.9. The highest BCUT2D eigenvalue weighted by Gasteiger charge is 2.51. The van der Waals surface area contributed by atoms with E-state index in [2.05, 4.69) is 10.5 Å². The van der Waals surface area contributed by atoms with Crippen molar-refractivity contribution in [2.24, 2.45) is 16.6 Å². The smallest absolute Gasteiger partial charge is 0.399 e. The molecule has 1 spiro atoms. The van der Waals surface area contributed by atoms with Crippen LogP contribution in [-0.4, -0.2) is 41.7 Å². The maximum Gasteiger partial charge on any atom is 0.417 e. The van der Waals surface area contributed by atoms with Crippen LogP contribution in [0.5, 0.6) is 0 Å². The molecule has 1 aromatic carbocycles. The molecule has 1 fully saturated rings. The van der Waals surface area contributed by atoms with Crippen LogP contribution in [0, 0.1) is 0 Å². The van der Waals surface area contributed by atoms with E-state index in [-0.39, 0.29) is 23.0 Å². The lowest BCUT2D eigenvalue weighted by Gasteiger charge is -2.33. The lowest BCUT2D eigenvalue weighted by Crippen LogP contribution is -2.45. The number of nitrogens with zero attached hydrogens (tertiary/aromatic N) is 2. The molecule has 12 heteroatoms. The Balaban J connectivity index is 1.65. The first-order chi connectivity index (χ1) is 14.5. The first kappa shape index (κ1) is 22.7. The molecule has 0 aromatic heterocycles. The normalized spacial score (nSPS) is 18.8. The Morgan fingerprint density at radius 1 is 1.35 bits per heavy atom. The number of nitrogens with two attached hydrogens (primary N) is 2. The first-order valence-corrected chi connectivity index (χ1v) is 9.76. The number of likely N-dealkylation sites (N-methyl/N-ethyl adjacent to an activating group) is 1. The van der Waals surface area contributed by atoms with Crippen molar-refractivity contribution in [2.45, 2.75) is 37.4 Å². The summed E-state index contributed by atoms with van der Waals surface area (Å²) >= 11 is 5.54. The van der Waals surface area contributed by atoms with E-state index in [0.29, 0.717) is 11.8 Å². The molecule has 0 unspecified atom stereocenters. The van der Waals surface area contributed by atoms with E-state index in [1.165, 1.54) is 6.07 Å². The van der Waals surface area contributed by atoms with Crippen LogP contribution in [0.15, 0.2) is 34.6 Å². The average Bonchev–Trinajstić information content (AvgIpc) is 3.24. The Morgan fingerprint density at radius 2 is 2.00 bits per heavy atom. The number of rotatable bonds is 5. The molecule has 1 aliphatic carbocycles. The number of halogens is 4. The molecule has 2 aliphatic rings. The number of nitrogens with one attached hydrogen (secondary N) is 1. The SMILES string of the molecule is CN1C(=O)C(/C(N)=N/OCC(=O)Nc2ccc(Cl)c(C(F)(F)F)c2)=C(N)C12CCCC2. The zero-order chi connectivity index (χ0) is 23.0. The van der Waals surface area contributed by atoms with Gasteiger partial charge in [-0.15, -0.1) is 0 Å². The van der Waals surface area contributed by atoms with Crippen LogP contribution in [0.25, 0.3) is 0 Å². The van der Waals surface area contributed by atoms with Crippen molar-refractivity contribution in [2.75, 3.05) is 19.0 Å². The average molecular weight is 460 g/mol. The van der Waals surface area contributed by atoms with Crippen LogP contribution in [0.1, 0.15) is 31.2 Å². The number of amidine groups is 1. The lowest BCUT2D eigenvalue weighted by molar-refractivity contribution is -0.137. The van der Waals surface area contributed by atoms with Crippen LogP contribution < -0.4 is 16.8 Å². The summed E-state index contributed by atoms with van der Waals surface area (Å²) in [5.74, 6) is -1.43. The van der Waals surface area contributed by atoms with Gasteiger partial charge in [-0.1, -0.05) is 29.6 Å². The van der Waals surface area contributed by atoms with E-state index in [1.807, 2.05) is 0 Å². The minimum atomic E-state index is -4.67. The number of oxime groups is 1. The van der Waals surface area contributed by atoms with Gasteiger partial charge >= 0.3 is 6.18 Å². The number of benzene rings is 1. The highest BCUT2D eigenvalue weighted by Crippen LogP contribution is 2.44. The molecule has 2 amide bonds. The molecule has 0 radical (unpaired) electrons. The largest absolute Gasteiger partial charge is 0.417 e. The number of hydrogen-bond acceptors (Lipinski definition) is 5. The van der Waals surface area contributed by atoms with E-state index in [9.17, 15) is 22.8 Å². The van der Waals surface area contributed by atoms with Crippen molar-refractivity contribution >= 4 is 34.9 Å². The second-order valence-corrected chi connectivity index (χ2v) is 7.79. The van der Waals surface area contributed by atoms with Crippen LogP contribution in [0.2, 0.25) is 5.02 Å². The Hall–Kier alpha value is -2.95. The van der Waals surface area contributed by atoms with Gasteiger partial charge in [0, 0.05) is 12.7 Å². The highest BCUT2D eigenvalue weighted by molar-refractivity contribution is 6.31. The lowest BCUT2D eigenvalue weighted by atomic mass is 9.93. The molecule has 0 bridgehead atoms. The first-order valence-electron chi connectivity index (χ1n) is 9.38. The summed E-state index contributed by atoms with van der Waals surface area (Å²) in [6.45, 7) is -0.646. The van der Waals surface area contributed by atoms with E-state index in [1.54, 1.807) is 11.9 Å². The number of alkyl halides is 3. The Bertz CT molecular complexity index is 971. The van der Waals surface area contributed by atoms with Crippen LogP contribution in [0.3, 0.4) is 0 Å². The molecule has 168 valence electrons. The fourth-order valence-corrected chi connectivity index (χ4v) is 4.15. The summed E-state index contributed by atoms with van der Waals surface area (Å²) in [5.41, 5.74) is 10.7. The number of anilines is 1. The monoisotopic (exact) mass is 459 g/mol. The molecular weight excluding hydrogens is 439 g/mol. The Morgan fingerprint density at radius 3 is 2.61 bits per heavy atom. The number of carbonyl (C=O) groups excluding carboxylic acids is 2. The number of hydrogen-bond donors (Lipinski definition) is 3. The van der Waals surface area contributed by atoms with Gasteiger partial charge < -0.3 is 26.5 Å². The standard InChI is InChI=1S/C19H21ClF3N5O3/c1-28-17(30)14(15(24)18(28)6-2-3-7-18)16(25)27-31-9-13(29)26-10-4-5-12(20)11(8-10)19(21,22)23/h4-5,8H,2-3,6-7,9,24H2,1H3,(H2,25,27)(H,26,29). The van der Waals surface area contributed by atoms with Gasteiger partial charge in [0.25, 0.3) is 11.8 Å². The van der Waals surface area contributed by atoms with Gasteiger partial charge in [0.2, 0.25) is 0 Å². The summed E-state index contributed by atoms with van der Waals surface area (Å²) < 4.78 is 38.7. The van der Waals surface area contributed by atoms with Crippen LogP contribution in [-0.2, 0) is 20.6 Å². The minimum Gasteiger partial charge on any atom is -0.399 e. The van der Waals surface area contributed by atoms with Crippen LogP contribution >= 0.6 is 11.6 Å². The molecule has 1 heterocycles. The van der Waals surface area contributed by atoms with Gasteiger partial charge in [0.1, 0.15) is 5.57 Å². The van der Waals surface area contributed by atoms with Crippen molar-refractivity contribution in [1.82, 2.24) is 4.90 Å². The molecule has 31 heavy (non-hydrogen) atoms. The third kappa shape index (κ3) is 4.27. The molecular formula is C19H21ClF3N5O3. The molecule has 0 atom stereocenters. The minimum absolute atomic E-state index is 0.0392. The Labute approximate surface area is 181 Å². The van der Waals surface area contributed by atoms with Crippen molar-refractivity contribution < 1.29 is 27.6 Å². The quantitative estimate of drug-likeness (QED) is 0.355. The fraction of sp³-hybridized carbons (Fsp3) is 0.421. The summed E-state index contributed by atoms with van der Waals surface area (Å²) in [4.78, 5) is 31.0. The van der Waals surface area contributed by atoms with Gasteiger partial charge in [0.15, 0.2) is 12.4 Å². The second-order valence-electron chi connectivity index (χ2n) is 7.38. The van der Waals surface area contributed by atoms with Crippen molar-refractivity contribution in [1.29, 1.82) is 0 Å². The highest BCUT2D eigenvalue weighted by atomic mass is 35.5. The topological polar surface area (TPSA) is 123 Å². The third-order valence-electron chi connectivity index (χ3n) is 5.53.